The first kappa shape index (κ1) is 24.1. The van der Waals surface area contributed by atoms with Crippen molar-refractivity contribution in [2.24, 2.45) is 0 Å². The van der Waals surface area contributed by atoms with Gasteiger partial charge in [-0.05, 0) is 44.9 Å². The summed E-state index contributed by atoms with van der Waals surface area (Å²) in [6, 6.07) is 5.88. The van der Waals surface area contributed by atoms with E-state index in [1.54, 1.807) is 4.90 Å². The van der Waals surface area contributed by atoms with Gasteiger partial charge in [-0.1, -0.05) is 12.5 Å². The van der Waals surface area contributed by atoms with Gasteiger partial charge in [-0.25, -0.2) is 12.8 Å². The summed E-state index contributed by atoms with van der Waals surface area (Å²) in [5, 5.41) is 3.21. The topological polar surface area (TPSA) is 73.0 Å². The van der Waals surface area contributed by atoms with Crippen LogP contribution in [0.3, 0.4) is 0 Å². The number of piperidine rings is 1. The summed E-state index contributed by atoms with van der Waals surface area (Å²) in [5.74, 6) is -0.628. The van der Waals surface area contributed by atoms with Crippen molar-refractivity contribution in [2.75, 3.05) is 45.8 Å². The molecular formula is C22H35FN4O3S. The molecule has 2 saturated heterocycles. The fourth-order valence-electron chi connectivity index (χ4n) is 4.56. The van der Waals surface area contributed by atoms with Gasteiger partial charge >= 0.3 is 0 Å². The SMILES string of the molecule is C[C@H]1CCC[C@H](C)N1CCN(CCC(=O)N1CCNCC1)S(=O)(=O)c1cccc(F)c1. The van der Waals surface area contributed by atoms with Crippen molar-refractivity contribution in [1.29, 1.82) is 0 Å². The molecule has 0 aliphatic carbocycles. The minimum atomic E-state index is -3.90. The summed E-state index contributed by atoms with van der Waals surface area (Å²) < 4.78 is 41.7. The number of halogens is 1. The van der Waals surface area contributed by atoms with E-state index in [0.29, 0.717) is 31.7 Å². The first-order valence-corrected chi connectivity index (χ1v) is 12.7. The number of nitrogens with zero attached hydrogens (tertiary/aromatic N) is 3. The smallest absolute Gasteiger partial charge is 0.243 e. The van der Waals surface area contributed by atoms with Crippen LogP contribution in [0.15, 0.2) is 29.2 Å². The molecular weight excluding hydrogens is 419 g/mol. The molecule has 2 fully saturated rings. The molecule has 31 heavy (non-hydrogen) atoms. The van der Waals surface area contributed by atoms with Crippen LogP contribution in [0.1, 0.15) is 39.5 Å². The zero-order chi connectivity index (χ0) is 22.4. The van der Waals surface area contributed by atoms with Crippen molar-refractivity contribution in [3.63, 3.8) is 0 Å². The van der Waals surface area contributed by atoms with E-state index in [9.17, 15) is 17.6 Å². The Bertz CT molecular complexity index is 835. The van der Waals surface area contributed by atoms with Gasteiger partial charge in [0.05, 0.1) is 4.90 Å². The molecule has 3 rings (SSSR count). The molecule has 2 aliphatic heterocycles. The zero-order valence-corrected chi connectivity index (χ0v) is 19.4. The highest BCUT2D eigenvalue weighted by Gasteiger charge is 2.30. The van der Waals surface area contributed by atoms with Gasteiger partial charge in [0.25, 0.3) is 0 Å². The molecule has 2 heterocycles. The van der Waals surface area contributed by atoms with Crippen molar-refractivity contribution in [3.8, 4) is 0 Å². The maximum atomic E-state index is 13.7. The molecule has 0 spiro atoms. The second-order valence-corrected chi connectivity index (χ2v) is 10.5. The normalized spacial score (nSPS) is 23.3. The third kappa shape index (κ3) is 6.25. The number of sulfonamides is 1. The van der Waals surface area contributed by atoms with Crippen molar-refractivity contribution in [3.05, 3.63) is 30.1 Å². The Morgan fingerprint density at radius 3 is 2.48 bits per heavy atom. The van der Waals surface area contributed by atoms with Gasteiger partial charge in [-0.3, -0.25) is 9.69 Å². The molecule has 9 heteroatoms. The van der Waals surface area contributed by atoms with E-state index in [4.69, 9.17) is 0 Å². The molecule has 174 valence electrons. The number of rotatable bonds is 8. The molecule has 2 atom stereocenters. The molecule has 1 amide bonds. The zero-order valence-electron chi connectivity index (χ0n) is 18.6. The van der Waals surface area contributed by atoms with Gasteiger partial charge in [0, 0.05) is 64.3 Å². The molecule has 0 aromatic heterocycles. The predicted octanol–water partition coefficient (Wildman–Crippen LogP) is 1.90. The lowest BCUT2D eigenvalue weighted by atomic mass is 9.98. The number of benzene rings is 1. The number of piperazine rings is 1. The number of hydrogen-bond donors (Lipinski definition) is 1. The molecule has 0 radical (unpaired) electrons. The largest absolute Gasteiger partial charge is 0.340 e. The van der Waals surface area contributed by atoms with Crippen LogP contribution in [-0.4, -0.2) is 86.3 Å². The number of carbonyl (C=O) groups is 1. The van der Waals surface area contributed by atoms with Crippen molar-refractivity contribution < 1.29 is 17.6 Å². The minimum absolute atomic E-state index is 0.0411. The number of nitrogens with one attached hydrogen (secondary N) is 1. The molecule has 0 bridgehead atoms. The lowest BCUT2D eigenvalue weighted by Crippen LogP contribution is -2.49. The highest BCUT2D eigenvalue weighted by Crippen LogP contribution is 2.23. The molecule has 1 aromatic carbocycles. The monoisotopic (exact) mass is 454 g/mol. The maximum Gasteiger partial charge on any atom is 0.243 e. The quantitative estimate of drug-likeness (QED) is 0.650. The Morgan fingerprint density at radius 2 is 1.84 bits per heavy atom. The summed E-state index contributed by atoms with van der Waals surface area (Å²) in [5.41, 5.74) is 0. The molecule has 0 saturated carbocycles. The van der Waals surface area contributed by atoms with Gasteiger partial charge < -0.3 is 10.2 Å². The van der Waals surface area contributed by atoms with Crippen molar-refractivity contribution >= 4 is 15.9 Å². The molecule has 1 aromatic rings. The summed E-state index contributed by atoms with van der Waals surface area (Å²) in [7, 11) is -3.90. The number of likely N-dealkylation sites (tertiary alicyclic amines) is 1. The van der Waals surface area contributed by atoms with Crippen LogP contribution in [0.5, 0.6) is 0 Å². The second kappa shape index (κ2) is 10.8. The average Bonchev–Trinajstić information content (AvgIpc) is 2.75. The number of amides is 1. The predicted molar refractivity (Wildman–Crippen MR) is 119 cm³/mol. The highest BCUT2D eigenvalue weighted by atomic mass is 32.2. The van der Waals surface area contributed by atoms with E-state index < -0.39 is 15.8 Å². The van der Waals surface area contributed by atoms with Crippen molar-refractivity contribution in [1.82, 2.24) is 19.4 Å². The fourth-order valence-corrected chi connectivity index (χ4v) is 6.03. The summed E-state index contributed by atoms with van der Waals surface area (Å²) in [4.78, 5) is 16.7. The van der Waals surface area contributed by atoms with Crippen LogP contribution >= 0.6 is 0 Å². The summed E-state index contributed by atoms with van der Waals surface area (Å²) >= 11 is 0. The number of carbonyl (C=O) groups excluding carboxylic acids is 1. The van der Waals surface area contributed by atoms with E-state index in [0.717, 1.165) is 32.0 Å². The molecule has 7 nitrogen and oxygen atoms in total. The van der Waals surface area contributed by atoms with Gasteiger partial charge in [0.2, 0.25) is 15.9 Å². The highest BCUT2D eigenvalue weighted by molar-refractivity contribution is 7.89. The van der Waals surface area contributed by atoms with Crippen LogP contribution < -0.4 is 5.32 Å². The average molecular weight is 455 g/mol. The van der Waals surface area contributed by atoms with E-state index in [2.05, 4.69) is 24.1 Å². The first-order chi connectivity index (χ1) is 14.8. The molecule has 0 unspecified atom stereocenters. The lowest BCUT2D eigenvalue weighted by Gasteiger charge is -2.40. The fraction of sp³-hybridized carbons (Fsp3) is 0.682. The van der Waals surface area contributed by atoms with Crippen LogP contribution in [0, 0.1) is 5.82 Å². The van der Waals surface area contributed by atoms with Gasteiger partial charge in [-0.2, -0.15) is 4.31 Å². The third-order valence-corrected chi connectivity index (χ3v) is 8.36. The Hall–Kier alpha value is -1.55. The van der Waals surface area contributed by atoms with Gasteiger partial charge in [0.1, 0.15) is 5.82 Å². The van der Waals surface area contributed by atoms with E-state index in [1.165, 1.54) is 28.9 Å². The summed E-state index contributed by atoms with van der Waals surface area (Å²) in [6.45, 7) is 8.10. The standard InChI is InChI=1S/C22H35FN4O3S/c1-18-5-3-6-19(2)27(18)16-15-26(12-9-22(28)25-13-10-24-11-14-25)31(29,30)21-8-4-7-20(23)17-21/h4,7-8,17-19,24H,3,5-6,9-16H2,1-2H3/t18-,19-/m0/s1. The summed E-state index contributed by atoms with van der Waals surface area (Å²) in [6.07, 6.45) is 3.51. The Balaban J connectivity index is 1.73. The Kier molecular flexibility index (Phi) is 8.43. The first-order valence-electron chi connectivity index (χ1n) is 11.3. The number of hydrogen-bond acceptors (Lipinski definition) is 5. The van der Waals surface area contributed by atoms with Gasteiger partial charge in [-0.15, -0.1) is 0 Å². The Morgan fingerprint density at radius 1 is 1.16 bits per heavy atom. The second-order valence-electron chi connectivity index (χ2n) is 8.61. The van der Waals surface area contributed by atoms with Crippen LogP contribution in [0.2, 0.25) is 0 Å². The minimum Gasteiger partial charge on any atom is -0.340 e. The Labute approximate surface area is 185 Å². The van der Waals surface area contributed by atoms with Crippen molar-refractivity contribution in [2.45, 2.75) is 56.5 Å². The van der Waals surface area contributed by atoms with Crippen LogP contribution in [-0.2, 0) is 14.8 Å². The lowest BCUT2D eigenvalue weighted by molar-refractivity contribution is -0.131. The van der Waals surface area contributed by atoms with E-state index >= 15 is 0 Å². The van der Waals surface area contributed by atoms with Crippen LogP contribution in [0.4, 0.5) is 4.39 Å². The van der Waals surface area contributed by atoms with Gasteiger partial charge in [0.15, 0.2) is 0 Å². The molecule has 2 aliphatic rings. The van der Waals surface area contributed by atoms with E-state index in [1.807, 2.05) is 0 Å². The van der Waals surface area contributed by atoms with Crippen LogP contribution in [0.25, 0.3) is 0 Å². The molecule has 1 N–H and O–H groups in total. The van der Waals surface area contributed by atoms with E-state index in [-0.39, 0.29) is 30.3 Å². The third-order valence-electron chi connectivity index (χ3n) is 6.46. The maximum absolute atomic E-state index is 13.7.